The maximum Gasteiger partial charge on any atom is 0.322 e. The molecular weight excluding hydrogens is 190 g/mol. The van der Waals surface area contributed by atoms with Crippen molar-refractivity contribution in [1.29, 1.82) is 0 Å². The first-order valence-corrected chi connectivity index (χ1v) is 3.74. The Labute approximate surface area is 71.3 Å². The smallest absolute Gasteiger partial charge is 0.322 e. The van der Waals surface area contributed by atoms with Gasteiger partial charge in [0.15, 0.2) is 11.0 Å². The zero-order valence-corrected chi connectivity index (χ0v) is 6.82. The van der Waals surface area contributed by atoms with E-state index in [2.05, 4.69) is 14.1 Å². The van der Waals surface area contributed by atoms with Crippen molar-refractivity contribution in [1.82, 2.24) is 8.75 Å². The zero-order valence-electron chi connectivity index (χ0n) is 5.24. The van der Waals surface area contributed by atoms with Gasteiger partial charge in [-0.2, -0.15) is 8.75 Å². The predicted octanol–water partition coefficient (Wildman–Crippen LogP) is 0.688. The molecule has 1 rings (SSSR count). The number of hydrogen-bond donors (Lipinski definition) is 2. The van der Waals surface area contributed by atoms with Crippen molar-refractivity contribution < 1.29 is 9.90 Å². The lowest BCUT2D eigenvalue weighted by atomic mass is 10.6. The number of hydrogen-bond acceptors (Lipinski definition) is 5. The van der Waals surface area contributed by atoms with Gasteiger partial charge in [-0.1, -0.05) is 11.6 Å². The first kappa shape index (κ1) is 8.22. The number of aromatic nitrogens is 2. The highest BCUT2D eigenvalue weighted by Crippen LogP contribution is 2.16. The lowest BCUT2D eigenvalue weighted by molar-refractivity contribution is -0.134. The molecule has 0 saturated carbocycles. The van der Waals surface area contributed by atoms with Crippen LogP contribution in [0.5, 0.6) is 0 Å². The van der Waals surface area contributed by atoms with E-state index < -0.39 is 5.97 Å². The molecule has 1 heterocycles. The Bertz CT molecular complexity index is 264. The Kier molecular flexibility index (Phi) is 2.61. The molecule has 1 aromatic rings. The minimum Gasteiger partial charge on any atom is -0.480 e. The lowest BCUT2D eigenvalue weighted by Crippen LogP contribution is -2.12. The van der Waals surface area contributed by atoms with E-state index in [1.54, 1.807) is 0 Å². The van der Waals surface area contributed by atoms with Crippen LogP contribution in [0, 0.1) is 0 Å². The van der Waals surface area contributed by atoms with Crippen molar-refractivity contribution >= 4 is 35.1 Å². The molecule has 0 unspecified atom stereocenters. The van der Waals surface area contributed by atoms with Crippen LogP contribution in [0.1, 0.15) is 0 Å². The minimum absolute atomic E-state index is 0.203. The molecule has 0 fully saturated rings. The predicted molar refractivity (Wildman–Crippen MR) is 41.0 cm³/mol. The molecule has 0 aliphatic heterocycles. The fourth-order valence-corrected chi connectivity index (χ4v) is 1.13. The van der Waals surface area contributed by atoms with E-state index in [1.807, 2.05) is 0 Å². The largest absolute Gasteiger partial charge is 0.480 e. The van der Waals surface area contributed by atoms with Crippen LogP contribution in [0.3, 0.4) is 0 Å². The topological polar surface area (TPSA) is 75.1 Å². The molecule has 0 aliphatic rings. The number of aliphatic carboxylic acids is 1. The molecule has 0 spiro atoms. The van der Waals surface area contributed by atoms with Gasteiger partial charge in [0.1, 0.15) is 6.54 Å². The van der Waals surface area contributed by atoms with Crippen molar-refractivity contribution in [2.45, 2.75) is 0 Å². The van der Waals surface area contributed by atoms with E-state index in [1.165, 1.54) is 0 Å². The Hall–Kier alpha value is -0.880. The average molecular weight is 194 g/mol. The molecular formula is C4H4ClN3O2S. The SMILES string of the molecule is O=C(O)CNc1nsnc1Cl. The fraction of sp³-hybridized carbons (Fsp3) is 0.250. The number of rotatable bonds is 3. The summed E-state index contributed by atoms with van der Waals surface area (Å²) in [7, 11) is 0. The van der Waals surface area contributed by atoms with Gasteiger partial charge in [-0.25, -0.2) is 0 Å². The number of halogens is 1. The van der Waals surface area contributed by atoms with Gasteiger partial charge < -0.3 is 10.4 Å². The van der Waals surface area contributed by atoms with Gasteiger partial charge in [0.25, 0.3) is 0 Å². The third-order valence-corrected chi connectivity index (χ3v) is 1.75. The molecule has 1 aromatic heterocycles. The van der Waals surface area contributed by atoms with E-state index in [0.29, 0.717) is 5.82 Å². The average Bonchev–Trinajstić information content (AvgIpc) is 2.31. The molecule has 0 saturated heterocycles. The standard InChI is InChI=1S/C4H4ClN3O2S/c5-3-4(8-11-7-3)6-1-2(9)10/h1H2,(H,6,8)(H,9,10). The van der Waals surface area contributed by atoms with E-state index >= 15 is 0 Å². The van der Waals surface area contributed by atoms with Gasteiger partial charge in [0.2, 0.25) is 0 Å². The Morgan fingerprint density at radius 2 is 2.45 bits per heavy atom. The number of anilines is 1. The highest BCUT2D eigenvalue weighted by Gasteiger charge is 2.05. The van der Waals surface area contributed by atoms with E-state index in [0.717, 1.165) is 11.7 Å². The summed E-state index contributed by atoms with van der Waals surface area (Å²) >= 11 is 6.44. The third kappa shape index (κ3) is 2.32. The van der Waals surface area contributed by atoms with Crippen molar-refractivity contribution in [3.8, 4) is 0 Å². The fourth-order valence-electron chi connectivity index (χ4n) is 0.443. The van der Waals surface area contributed by atoms with Gasteiger partial charge >= 0.3 is 5.97 Å². The summed E-state index contributed by atoms with van der Waals surface area (Å²) < 4.78 is 7.35. The van der Waals surface area contributed by atoms with E-state index in [-0.39, 0.29) is 11.7 Å². The second kappa shape index (κ2) is 3.49. The summed E-state index contributed by atoms with van der Waals surface area (Å²) in [6.45, 7) is -0.203. The molecule has 11 heavy (non-hydrogen) atoms. The molecule has 2 N–H and O–H groups in total. The normalized spacial score (nSPS) is 9.55. The van der Waals surface area contributed by atoms with Crippen LogP contribution in [-0.4, -0.2) is 26.4 Å². The van der Waals surface area contributed by atoms with Crippen LogP contribution in [0.2, 0.25) is 5.15 Å². The monoisotopic (exact) mass is 193 g/mol. The number of carboxylic acids is 1. The summed E-state index contributed by atoms with van der Waals surface area (Å²) in [6.07, 6.45) is 0. The van der Waals surface area contributed by atoms with Gasteiger partial charge in [-0.3, -0.25) is 4.79 Å². The van der Waals surface area contributed by atoms with Crippen molar-refractivity contribution in [2.75, 3.05) is 11.9 Å². The van der Waals surface area contributed by atoms with Crippen LogP contribution < -0.4 is 5.32 Å². The molecule has 0 aromatic carbocycles. The Morgan fingerprint density at radius 1 is 1.73 bits per heavy atom. The van der Waals surface area contributed by atoms with Crippen LogP contribution in [0.4, 0.5) is 5.82 Å². The van der Waals surface area contributed by atoms with Gasteiger partial charge in [-0.05, 0) is 0 Å². The van der Waals surface area contributed by atoms with Crippen LogP contribution in [0.25, 0.3) is 0 Å². The van der Waals surface area contributed by atoms with Gasteiger partial charge in [0.05, 0.1) is 11.7 Å². The second-order valence-corrected chi connectivity index (χ2v) is 2.54. The maximum atomic E-state index is 10.1. The summed E-state index contributed by atoms with van der Waals surface area (Å²) in [5.74, 6) is -0.645. The molecule has 60 valence electrons. The van der Waals surface area contributed by atoms with Gasteiger partial charge in [0, 0.05) is 0 Å². The molecule has 7 heteroatoms. The van der Waals surface area contributed by atoms with Gasteiger partial charge in [-0.15, -0.1) is 0 Å². The molecule has 0 radical (unpaired) electrons. The Morgan fingerprint density at radius 3 is 2.91 bits per heavy atom. The number of nitrogens with zero attached hydrogens (tertiary/aromatic N) is 2. The number of nitrogens with one attached hydrogen (secondary N) is 1. The zero-order chi connectivity index (χ0) is 8.27. The first-order chi connectivity index (χ1) is 5.20. The van der Waals surface area contributed by atoms with E-state index in [4.69, 9.17) is 16.7 Å². The second-order valence-electron chi connectivity index (χ2n) is 1.65. The summed E-state index contributed by atoms with van der Waals surface area (Å²) in [5, 5.41) is 11.0. The number of carbonyl (C=O) groups is 1. The lowest BCUT2D eigenvalue weighted by Gasteiger charge is -1.95. The quantitative estimate of drug-likeness (QED) is 0.739. The van der Waals surface area contributed by atoms with Crippen molar-refractivity contribution in [3.05, 3.63) is 5.15 Å². The third-order valence-electron chi connectivity index (χ3n) is 0.856. The number of carboxylic acid groups (broad SMARTS) is 1. The summed E-state index contributed by atoms with van der Waals surface area (Å²) in [4.78, 5) is 10.1. The van der Waals surface area contributed by atoms with E-state index in [9.17, 15) is 4.79 Å². The summed E-state index contributed by atoms with van der Waals surface area (Å²) in [6, 6.07) is 0. The Balaban J connectivity index is 2.51. The van der Waals surface area contributed by atoms with Crippen LogP contribution in [0.15, 0.2) is 0 Å². The molecule has 0 bridgehead atoms. The highest BCUT2D eigenvalue weighted by molar-refractivity contribution is 6.99. The summed E-state index contributed by atoms with van der Waals surface area (Å²) in [5.41, 5.74) is 0. The maximum absolute atomic E-state index is 10.1. The van der Waals surface area contributed by atoms with Crippen molar-refractivity contribution in [3.63, 3.8) is 0 Å². The molecule has 5 nitrogen and oxygen atoms in total. The van der Waals surface area contributed by atoms with Crippen molar-refractivity contribution in [2.24, 2.45) is 0 Å². The first-order valence-electron chi connectivity index (χ1n) is 2.64. The highest BCUT2D eigenvalue weighted by atomic mass is 35.5. The van der Waals surface area contributed by atoms with Crippen LogP contribution >= 0.6 is 23.3 Å². The molecule has 0 aliphatic carbocycles. The molecule has 0 atom stereocenters. The molecule has 0 amide bonds. The van der Waals surface area contributed by atoms with Crippen LogP contribution in [-0.2, 0) is 4.79 Å². The minimum atomic E-state index is -0.964.